The molecule has 0 fully saturated rings. The summed E-state index contributed by atoms with van der Waals surface area (Å²) in [6.45, 7) is 4.35. The van der Waals surface area contributed by atoms with Crippen LogP contribution in [-0.4, -0.2) is 25.1 Å². The van der Waals surface area contributed by atoms with E-state index in [1.165, 1.54) is 13.2 Å². The number of carbonyl (C=O) groups is 1. The second-order valence-electron chi connectivity index (χ2n) is 4.72. The number of hydrogen-bond acceptors (Lipinski definition) is 4. The Kier molecular flexibility index (Phi) is 5.65. The van der Waals surface area contributed by atoms with Crippen molar-refractivity contribution in [1.82, 2.24) is 5.32 Å². The van der Waals surface area contributed by atoms with E-state index >= 15 is 0 Å². The molecule has 0 aromatic heterocycles. The monoisotopic (exact) mass is 299 g/mol. The molecule has 0 heterocycles. The lowest BCUT2D eigenvalue weighted by molar-refractivity contribution is 0.0892. The number of benzene rings is 1. The Morgan fingerprint density at radius 3 is 2.45 bits per heavy atom. The van der Waals surface area contributed by atoms with Gasteiger partial charge in [0, 0.05) is 12.6 Å². The smallest absolute Gasteiger partial charge is 0.255 e. The fraction of sp³-hybridized carbons (Fsp3) is 0.500. The fourth-order valence-electron chi connectivity index (χ4n) is 1.99. The first-order chi connectivity index (χ1) is 9.42. The molecule has 1 aromatic carbocycles. The molecule has 0 aliphatic heterocycles. The zero-order valence-electron chi connectivity index (χ0n) is 12.1. The molecular formula is C14H22ClN3O2. The van der Waals surface area contributed by atoms with E-state index in [2.05, 4.69) is 5.32 Å². The molecule has 1 rings (SSSR count). The van der Waals surface area contributed by atoms with Crippen LogP contribution in [0.3, 0.4) is 0 Å². The summed E-state index contributed by atoms with van der Waals surface area (Å²) >= 11 is 5.97. The molecule has 1 amide bonds. The number of nitrogens with two attached hydrogens (primary N) is 2. The highest BCUT2D eigenvalue weighted by Crippen LogP contribution is 2.29. The third-order valence-corrected chi connectivity index (χ3v) is 4.01. The van der Waals surface area contributed by atoms with Crippen molar-refractivity contribution in [2.45, 2.75) is 32.2 Å². The van der Waals surface area contributed by atoms with Crippen LogP contribution >= 0.6 is 11.6 Å². The van der Waals surface area contributed by atoms with Crippen molar-refractivity contribution in [3.63, 3.8) is 0 Å². The van der Waals surface area contributed by atoms with Crippen LogP contribution in [0.1, 0.15) is 37.0 Å². The van der Waals surface area contributed by atoms with E-state index in [0.717, 1.165) is 12.8 Å². The maximum atomic E-state index is 12.4. The van der Waals surface area contributed by atoms with Gasteiger partial charge in [-0.1, -0.05) is 25.4 Å². The highest BCUT2D eigenvalue weighted by atomic mass is 35.5. The molecule has 0 aliphatic rings. The van der Waals surface area contributed by atoms with Crippen molar-refractivity contribution in [2.24, 2.45) is 5.73 Å². The Bertz CT molecular complexity index is 479. The maximum Gasteiger partial charge on any atom is 0.255 e. The van der Waals surface area contributed by atoms with Gasteiger partial charge in [0.1, 0.15) is 5.75 Å². The quantitative estimate of drug-likeness (QED) is 0.702. The summed E-state index contributed by atoms with van der Waals surface area (Å²) in [5.41, 5.74) is 11.8. The SMILES string of the molecule is CCC(CC)(CN)NC(=O)c1cc(Cl)c(N)cc1OC. The average molecular weight is 300 g/mol. The van der Waals surface area contributed by atoms with E-state index in [-0.39, 0.29) is 5.91 Å². The summed E-state index contributed by atoms with van der Waals surface area (Å²) in [6, 6.07) is 3.05. The number of methoxy groups -OCH3 is 1. The van der Waals surface area contributed by atoms with Gasteiger partial charge >= 0.3 is 0 Å². The summed E-state index contributed by atoms with van der Waals surface area (Å²) in [5.74, 6) is 0.125. The third-order valence-electron chi connectivity index (χ3n) is 3.69. The Hall–Kier alpha value is -1.46. The zero-order chi connectivity index (χ0) is 15.3. The van der Waals surface area contributed by atoms with Crippen molar-refractivity contribution in [1.29, 1.82) is 0 Å². The van der Waals surface area contributed by atoms with Crippen molar-refractivity contribution in [2.75, 3.05) is 19.4 Å². The lowest BCUT2D eigenvalue weighted by Crippen LogP contribution is -2.52. The Labute approximate surface area is 124 Å². The minimum Gasteiger partial charge on any atom is -0.496 e. The van der Waals surface area contributed by atoms with Gasteiger partial charge < -0.3 is 21.5 Å². The highest BCUT2D eigenvalue weighted by Gasteiger charge is 2.28. The second-order valence-corrected chi connectivity index (χ2v) is 5.13. The summed E-state index contributed by atoms with van der Waals surface area (Å²) in [7, 11) is 1.48. The molecule has 0 bridgehead atoms. The number of carbonyl (C=O) groups excluding carboxylic acids is 1. The van der Waals surface area contributed by atoms with Crippen LogP contribution in [0.2, 0.25) is 5.02 Å². The summed E-state index contributed by atoms with van der Waals surface area (Å²) in [5, 5.41) is 3.30. The molecule has 112 valence electrons. The average Bonchev–Trinajstić information content (AvgIpc) is 2.47. The molecule has 0 radical (unpaired) electrons. The molecule has 0 aliphatic carbocycles. The minimum absolute atomic E-state index is 0.266. The van der Waals surface area contributed by atoms with Gasteiger partial charge in [0.2, 0.25) is 0 Å². The van der Waals surface area contributed by atoms with E-state index in [9.17, 15) is 4.79 Å². The van der Waals surface area contributed by atoms with Crippen LogP contribution in [0.15, 0.2) is 12.1 Å². The molecule has 20 heavy (non-hydrogen) atoms. The highest BCUT2D eigenvalue weighted by molar-refractivity contribution is 6.33. The normalized spacial score (nSPS) is 11.2. The van der Waals surface area contributed by atoms with E-state index in [1.807, 2.05) is 13.8 Å². The number of nitrogen functional groups attached to an aromatic ring is 1. The molecule has 0 saturated carbocycles. The number of anilines is 1. The topological polar surface area (TPSA) is 90.4 Å². The standard InChI is InChI=1S/C14H22ClN3O2/c1-4-14(5-2,8-16)18-13(19)9-6-10(15)11(17)7-12(9)20-3/h6-7H,4-5,8,16-17H2,1-3H3,(H,18,19). The van der Waals surface area contributed by atoms with Gasteiger partial charge in [0.05, 0.1) is 28.9 Å². The van der Waals surface area contributed by atoms with Crippen LogP contribution in [-0.2, 0) is 0 Å². The van der Waals surface area contributed by atoms with Crippen LogP contribution in [0.25, 0.3) is 0 Å². The molecule has 5 nitrogen and oxygen atoms in total. The number of nitrogens with one attached hydrogen (secondary N) is 1. The summed E-state index contributed by atoms with van der Waals surface area (Å²) in [6.07, 6.45) is 1.49. The lowest BCUT2D eigenvalue weighted by atomic mass is 9.92. The molecule has 0 unspecified atom stereocenters. The van der Waals surface area contributed by atoms with Gasteiger partial charge in [-0.05, 0) is 18.9 Å². The number of halogens is 1. The first-order valence-corrected chi connectivity index (χ1v) is 6.96. The first-order valence-electron chi connectivity index (χ1n) is 6.58. The Morgan fingerprint density at radius 2 is 2.00 bits per heavy atom. The van der Waals surface area contributed by atoms with Crippen molar-refractivity contribution in [3.8, 4) is 5.75 Å². The third kappa shape index (κ3) is 3.35. The molecule has 6 heteroatoms. The van der Waals surface area contributed by atoms with Gasteiger partial charge in [-0.25, -0.2) is 0 Å². The van der Waals surface area contributed by atoms with Crippen molar-refractivity contribution in [3.05, 3.63) is 22.7 Å². The van der Waals surface area contributed by atoms with Crippen molar-refractivity contribution < 1.29 is 9.53 Å². The minimum atomic E-state index is -0.421. The van der Waals surface area contributed by atoms with Crippen LogP contribution in [0.4, 0.5) is 5.69 Å². The number of rotatable bonds is 6. The van der Waals surface area contributed by atoms with Gasteiger partial charge in [-0.15, -0.1) is 0 Å². The van der Waals surface area contributed by atoms with Gasteiger partial charge in [-0.2, -0.15) is 0 Å². The van der Waals surface area contributed by atoms with Crippen LogP contribution < -0.4 is 21.5 Å². The molecule has 0 atom stereocenters. The summed E-state index contributed by atoms with van der Waals surface area (Å²) in [4.78, 5) is 12.4. The number of hydrogen-bond donors (Lipinski definition) is 3. The zero-order valence-corrected chi connectivity index (χ0v) is 12.9. The predicted octanol–water partition coefficient (Wildman–Crippen LogP) is 2.18. The van der Waals surface area contributed by atoms with Crippen LogP contribution in [0.5, 0.6) is 5.75 Å². The number of amides is 1. The summed E-state index contributed by atoms with van der Waals surface area (Å²) < 4.78 is 5.19. The van der Waals surface area contributed by atoms with Gasteiger partial charge in [-0.3, -0.25) is 4.79 Å². The van der Waals surface area contributed by atoms with E-state index in [4.69, 9.17) is 27.8 Å². The van der Waals surface area contributed by atoms with E-state index in [1.54, 1.807) is 6.07 Å². The van der Waals surface area contributed by atoms with Gasteiger partial charge in [0.15, 0.2) is 0 Å². The van der Waals surface area contributed by atoms with Crippen molar-refractivity contribution >= 4 is 23.2 Å². The van der Waals surface area contributed by atoms with E-state index < -0.39 is 5.54 Å². The van der Waals surface area contributed by atoms with Gasteiger partial charge in [0.25, 0.3) is 5.91 Å². The second kappa shape index (κ2) is 6.81. The first kappa shape index (κ1) is 16.6. The molecular weight excluding hydrogens is 278 g/mol. The molecule has 1 aromatic rings. The fourth-order valence-corrected chi connectivity index (χ4v) is 2.15. The molecule has 0 spiro atoms. The van der Waals surface area contributed by atoms with Crippen LogP contribution in [0, 0.1) is 0 Å². The lowest BCUT2D eigenvalue weighted by Gasteiger charge is -2.31. The number of ether oxygens (including phenoxy) is 1. The largest absolute Gasteiger partial charge is 0.496 e. The maximum absolute atomic E-state index is 12.4. The molecule has 5 N–H and O–H groups in total. The Morgan fingerprint density at radius 1 is 1.40 bits per heavy atom. The molecule has 0 saturated heterocycles. The van der Waals surface area contributed by atoms with E-state index in [0.29, 0.717) is 28.6 Å². The Balaban J connectivity index is 3.12. The predicted molar refractivity (Wildman–Crippen MR) is 82.3 cm³/mol.